The molecule has 0 amide bonds. The number of hydrogen-bond donors (Lipinski definition) is 0. The molecule has 0 aromatic heterocycles. The molecule has 0 unspecified atom stereocenters. The maximum atomic E-state index is 6.25. The van der Waals surface area contributed by atoms with Crippen molar-refractivity contribution < 1.29 is 18.9 Å². The zero-order chi connectivity index (χ0) is 16.1. The van der Waals surface area contributed by atoms with E-state index in [2.05, 4.69) is 0 Å². The summed E-state index contributed by atoms with van der Waals surface area (Å²) in [6.07, 6.45) is 0.343. The van der Waals surface area contributed by atoms with Crippen molar-refractivity contribution >= 4 is 46.4 Å². The molecule has 0 fully saturated rings. The van der Waals surface area contributed by atoms with Crippen LogP contribution in [0.3, 0.4) is 0 Å². The van der Waals surface area contributed by atoms with Crippen LogP contribution in [-0.2, 0) is 6.42 Å². The zero-order valence-electron chi connectivity index (χ0n) is 11.4. The van der Waals surface area contributed by atoms with Gasteiger partial charge in [0.05, 0.1) is 20.1 Å². The van der Waals surface area contributed by atoms with Crippen molar-refractivity contribution in [2.24, 2.45) is 0 Å². The van der Waals surface area contributed by atoms with E-state index in [1.807, 2.05) is 0 Å². The van der Waals surface area contributed by atoms with Gasteiger partial charge in [0.2, 0.25) is 13.6 Å². The van der Waals surface area contributed by atoms with E-state index in [0.717, 1.165) is 0 Å². The van der Waals surface area contributed by atoms with Crippen molar-refractivity contribution in [3.63, 3.8) is 0 Å². The van der Waals surface area contributed by atoms with Crippen LogP contribution in [0.5, 0.6) is 23.0 Å². The van der Waals surface area contributed by atoms with Crippen LogP contribution in [0.15, 0.2) is 12.1 Å². The zero-order valence-corrected chi connectivity index (χ0v) is 14.4. The molecule has 0 atom stereocenters. The predicted octanol–water partition coefficient (Wildman–Crippen LogP) is 5.35. The Bertz CT molecular complexity index is 698. The predicted molar refractivity (Wildman–Crippen MR) is 88.0 cm³/mol. The Morgan fingerprint density at radius 2 is 0.870 bits per heavy atom. The fraction of sp³-hybridized carbons (Fsp3) is 0.200. The molecule has 2 aromatic carbocycles. The van der Waals surface area contributed by atoms with E-state index in [1.54, 1.807) is 12.1 Å². The summed E-state index contributed by atoms with van der Waals surface area (Å²) in [7, 11) is 0. The van der Waals surface area contributed by atoms with Gasteiger partial charge in [-0.15, -0.1) is 0 Å². The molecule has 8 heteroatoms. The lowest BCUT2D eigenvalue weighted by molar-refractivity contribution is 0.0978. The lowest BCUT2D eigenvalue weighted by Crippen LogP contribution is -2.18. The smallest absolute Gasteiger partial charge is 0.231 e. The van der Waals surface area contributed by atoms with Crippen LogP contribution in [0.25, 0.3) is 0 Å². The van der Waals surface area contributed by atoms with Gasteiger partial charge in [0.15, 0.2) is 0 Å². The first-order valence-electron chi connectivity index (χ1n) is 6.59. The lowest BCUT2D eigenvalue weighted by Gasteiger charge is -2.27. The summed E-state index contributed by atoms with van der Waals surface area (Å²) >= 11 is 25.0. The highest BCUT2D eigenvalue weighted by Gasteiger charge is 2.29. The topological polar surface area (TPSA) is 36.9 Å². The second kappa shape index (κ2) is 5.71. The Morgan fingerprint density at radius 3 is 1.17 bits per heavy atom. The average molecular weight is 394 g/mol. The quantitative estimate of drug-likeness (QED) is 0.604. The SMILES string of the molecule is Clc1cc(Cl)c2c3c1OCOc1c(Cl)cc(Cl)c(c1C3)OCO2. The molecule has 0 spiro atoms. The summed E-state index contributed by atoms with van der Waals surface area (Å²) in [5.41, 5.74) is 1.41. The highest BCUT2D eigenvalue weighted by molar-refractivity contribution is 6.37. The number of halogens is 4. The van der Waals surface area contributed by atoms with Crippen molar-refractivity contribution in [1.29, 1.82) is 0 Å². The molecule has 2 aliphatic rings. The van der Waals surface area contributed by atoms with Crippen LogP contribution in [0.4, 0.5) is 0 Å². The normalized spacial score (nSPS) is 15.0. The largest absolute Gasteiger partial charge is 0.455 e. The van der Waals surface area contributed by atoms with Gasteiger partial charge in [-0.1, -0.05) is 46.4 Å². The minimum Gasteiger partial charge on any atom is -0.455 e. The molecule has 2 aliphatic heterocycles. The first-order valence-corrected chi connectivity index (χ1v) is 8.10. The van der Waals surface area contributed by atoms with Gasteiger partial charge < -0.3 is 18.9 Å². The molecule has 0 aliphatic carbocycles. The maximum absolute atomic E-state index is 6.25. The monoisotopic (exact) mass is 392 g/mol. The molecule has 0 saturated carbocycles. The van der Waals surface area contributed by atoms with Crippen molar-refractivity contribution in [2.75, 3.05) is 13.6 Å². The minimum absolute atomic E-state index is 0.0679. The Balaban J connectivity index is 2.03. The molecule has 2 aromatic rings. The van der Waals surface area contributed by atoms with Crippen molar-refractivity contribution in [1.82, 2.24) is 0 Å². The van der Waals surface area contributed by atoms with E-state index in [-0.39, 0.29) is 13.6 Å². The standard InChI is InChI=1S/C15H8Cl4O4/c16-8-2-9(17)13-6-1-7-14(22-4-20-12(6)8)10(18)3-11(19)15(7)23-5-21-13/h2-3H,1,4-5H2. The Morgan fingerprint density at radius 1 is 0.565 bits per heavy atom. The Kier molecular flexibility index (Phi) is 3.81. The van der Waals surface area contributed by atoms with Gasteiger partial charge in [0, 0.05) is 17.5 Å². The number of ether oxygens (including phenoxy) is 4. The van der Waals surface area contributed by atoms with E-state index in [0.29, 0.717) is 60.6 Å². The molecule has 2 heterocycles. The van der Waals surface area contributed by atoms with Gasteiger partial charge in [0.25, 0.3) is 0 Å². The highest BCUT2D eigenvalue weighted by Crippen LogP contribution is 2.49. The molecular formula is C15H8Cl4O4. The van der Waals surface area contributed by atoms with Crippen LogP contribution in [0, 0.1) is 0 Å². The van der Waals surface area contributed by atoms with Gasteiger partial charge in [-0.2, -0.15) is 0 Å². The first-order chi connectivity index (χ1) is 11.1. The second-order valence-corrected chi connectivity index (χ2v) is 6.57. The molecule has 23 heavy (non-hydrogen) atoms. The second-order valence-electron chi connectivity index (χ2n) is 4.94. The van der Waals surface area contributed by atoms with Crippen molar-refractivity contribution in [3.05, 3.63) is 43.4 Å². The van der Waals surface area contributed by atoms with E-state index in [1.165, 1.54) is 0 Å². The van der Waals surface area contributed by atoms with E-state index >= 15 is 0 Å². The molecule has 4 rings (SSSR count). The van der Waals surface area contributed by atoms with E-state index in [4.69, 9.17) is 65.4 Å². The third-order valence-corrected chi connectivity index (χ3v) is 4.76. The fourth-order valence-electron chi connectivity index (χ4n) is 2.68. The van der Waals surface area contributed by atoms with Crippen LogP contribution in [0.2, 0.25) is 20.1 Å². The van der Waals surface area contributed by atoms with Gasteiger partial charge >= 0.3 is 0 Å². The molecule has 0 N–H and O–H groups in total. The van der Waals surface area contributed by atoms with Gasteiger partial charge in [-0.05, 0) is 12.1 Å². The third-order valence-electron chi connectivity index (χ3n) is 3.64. The Labute approximate surface area is 151 Å². The molecular weight excluding hydrogens is 386 g/mol. The fourth-order valence-corrected chi connectivity index (χ4v) is 3.91. The summed E-state index contributed by atoms with van der Waals surface area (Å²) in [5, 5.41) is 1.50. The van der Waals surface area contributed by atoms with Crippen molar-refractivity contribution in [2.45, 2.75) is 6.42 Å². The van der Waals surface area contributed by atoms with Crippen LogP contribution in [-0.4, -0.2) is 13.6 Å². The van der Waals surface area contributed by atoms with Crippen molar-refractivity contribution in [3.8, 4) is 23.0 Å². The lowest BCUT2D eigenvalue weighted by atomic mass is 10.00. The van der Waals surface area contributed by atoms with Crippen LogP contribution >= 0.6 is 46.4 Å². The number of hydrogen-bond acceptors (Lipinski definition) is 4. The molecule has 0 radical (unpaired) electrons. The van der Waals surface area contributed by atoms with Gasteiger partial charge in [-0.25, -0.2) is 0 Å². The minimum atomic E-state index is -0.0679. The third kappa shape index (κ3) is 2.45. The van der Waals surface area contributed by atoms with E-state index < -0.39 is 0 Å². The molecule has 2 bridgehead atoms. The average Bonchev–Trinajstić information content (AvgIpc) is 2.43. The summed E-state index contributed by atoms with van der Waals surface area (Å²) in [5.74, 6) is 1.84. The molecule has 4 nitrogen and oxygen atoms in total. The number of rotatable bonds is 0. The Hall–Kier alpha value is -1.20. The first kappa shape index (κ1) is 15.3. The molecule has 0 saturated heterocycles. The van der Waals surface area contributed by atoms with Crippen LogP contribution < -0.4 is 18.9 Å². The molecule has 120 valence electrons. The van der Waals surface area contributed by atoms with E-state index in [9.17, 15) is 0 Å². The van der Waals surface area contributed by atoms with Crippen LogP contribution in [0.1, 0.15) is 11.1 Å². The summed E-state index contributed by atoms with van der Waals surface area (Å²) in [6.45, 7) is -0.136. The maximum Gasteiger partial charge on any atom is 0.231 e. The summed E-state index contributed by atoms with van der Waals surface area (Å²) < 4.78 is 22.6. The summed E-state index contributed by atoms with van der Waals surface area (Å²) in [4.78, 5) is 0. The summed E-state index contributed by atoms with van der Waals surface area (Å²) in [6, 6.07) is 3.13. The van der Waals surface area contributed by atoms with Gasteiger partial charge in [-0.3, -0.25) is 0 Å². The van der Waals surface area contributed by atoms with Gasteiger partial charge in [0.1, 0.15) is 23.0 Å². The number of benzene rings is 2. The highest BCUT2D eigenvalue weighted by atomic mass is 35.5.